The summed E-state index contributed by atoms with van der Waals surface area (Å²) in [6, 6.07) is 2.70. The minimum atomic E-state index is -0.942. The minimum Gasteiger partial charge on any atom is -0.433 e. The first kappa shape index (κ1) is 13.1. The van der Waals surface area contributed by atoms with E-state index in [1.807, 2.05) is 6.92 Å². The van der Waals surface area contributed by atoms with E-state index in [4.69, 9.17) is 4.74 Å². The molecular weight excluding hydrogens is 259 g/mol. The van der Waals surface area contributed by atoms with Crippen molar-refractivity contribution in [1.82, 2.24) is 9.97 Å². The van der Waals surface area contributed by atoms with Crippen LogP contribution in [0.15, 0.2) is 24.4 Å². The number of nitrogens with zero attached hydrogens (tertiary/aromatic N) is 2. The van der Waals surface area contributed by atoms with E-state index in [0.717, 1.165) is 18.3 Å². The summed E-state index contributed by atoms with van der Waals surface area (Å²) in [7, 11) is 0. The predicted molar refractivity (Wildman–Crippen MR) is 62.6 cm³/mol. The summed E-state index contributed by atoms with van der Waals surface area (Å²) in [5.74, 6) is -3.13. The van der Waals surface area contributed by atoms with Crippen LogP contribution in [0.4, 0.5) is 19.1 Å². The van der Waals surface area contributed by atoms with Gasteiger partial charge in [0, 0.05) is 12.6 Å². The van der Waals surface area contributed by atoms with Gasteiger partial charge in [-0.1, -0.05) is 0 Å². The van der Waals surface area contributed by atoms with Crippen LogP contribution in [-0.4, -0.2) is 16.5 Å². The van der Waals surface area contributed by atoms with E-state index in [9.17, 15) is 13.2 Å². The van der Waals surface area contributed by atoms with E-state index < -0.39 is 23.3 Å². The first-order valence-corrected chi connectivity index (χ1v) is 5.49. The maximum Gasteiger partial charge on any atom is 0.260 e. The SMILES string of the molecule is CCNc1ncc(F)c(Oc2ccc(F)cc2F)n1. The van der Waals surface area contributed by atoms with Crippen LogP contribution in [0.25, 0.3) is 0 Å². The Hall–Kier alpha value is -2.31. The Bertz CT molecular complexity index is 592. The number of benzene rings is 1. The second-order valence-corrected chi connectivity index (χ2v) is 3.55. The number of hydrogen-bond donors (Lipinski definition) is 1. The molecule has 0 saturated heterocycles. The molecule has 100 valence electrons. The van der Waals surface area contributed by atoms with Crippen LogP contribution >= 0.6 is 0 Å². The van der Waals surface area contributed by atoms with Crippen molar-refractivity contribution >= 4 is 5.95 Å². The highest BCUT2D eigenvalue weighted by atomic mass is 19.1. The van der Waals surface area contributed by atoms with Gasteiger partial charge in [-0.05, 0) is 19.1 Å². The molecule has 19 heavy (non-hydrogen) atoms. The molecule has 0 fully saturated rings. The van der Waals surface area contributed by atoms with Crippen molar-refractivity contribution in [2.75, 3.05) is 11.9 Å². The lowest BCUT2D eigenvalue weighted by atomic mass is 10.3. The topological polar surface area (TPSA) is 47.0 Å². The molecule has 0 aliphatic rings. The lowest BCUT2D eigenvalue weighted by Gasteiger charge is -2.08. The Labute approximate surface area is 107 Å². The number of rotatable bonds is 4. The fraction of sp³-hybridized carbons (Fsp3) is 0.167. The second kappa shape index (κ2) is 5.55. The van der Waals surface area contributed by atoms with E-state index in [1.165, 1.54) is 0 Å². The Morgan fingerprint density at radius 2 is 2.00 bits per heavy atom. The van der Waals surface area contributed by atoms with Crippen LogP contribution in [0, 0.1) is 17.5 Å². The molecule has 0 aliphatic carbocycles. The Kier molecular flexibility index (Phi) is 3.84. The Morgan fingerprint density at radius 3 is 2.68 bits per heavy atom. The van der Waals surface area contributed by atoms with Crippen molar-refractivity contribution in [1.29, 1.82) is 0 Å². The van der Waals surface area contributed by atoms with Crippen molar-refractivity contribution in [3.8, 4) is 11.6 Å². The maximum absolute atomic E-state index is 13.4. The zero-order chi connectivity index (χ0) is 13.8. The van der Waals surface area contributed by atoms with Crippen molar-refractivity contribution in [2.45, 2.75) is 6.92 Å². The third-order valence-electron chi connectivity index (χ3n) is 2.15. The zero-order valence-electron chi connectivity index (χ0n) is 9.95. The van der Waals surface area contributed by atoms with Crippen LogP contribution < -0.4 is 10.1 Å². The van der Waals surface area contributed by atoms with Gasteiger partial charge in [0.25, 0.3) is 5.88 Å². The summed E-state index contributed by atoms with van der Waals surface area (Å²) in [5.41, 5.74) is 0. The quantitative estimate of drug-likeness (QED) is 0.926. The van der Waals surface area contributed by atoms with Gasteiger partial charge in [0.05, 0.1) is 6.20 Å². The molecule has 0 amide bonds. The van der Waals surface area contributed by atoms with E-state index in [-0.39, 0.29) is 11.7 Å². The summed E-state index contributed by atoms with van der Waals surface area (Å²) in [6.45, 7) is 2.35. The smallest absolute Gasteiger partial charge is 0.260 e. The molecule has 7 heteroatoms. The Morgan fingerprint density at radius 1 is 1.21 bits per heavy atom. The predicted octanol–water partition coefficient (Wildman–Crippen LogP) is 3.12. The van der Waals surface area contributed by atoms with Gasteiger partial charge in [0.2, 0.25) is 11.8 Å². The van der Waals surface area contributed by atoms with Crippen LogP contribution in [0.2, 0.25) is 0 Å². The highest BCUT2D eigenvalue weighted by Gasteiger charge is 2.12. The summed E-state index contributed by atoms with van der Waals surface area (Å²) < 4.78 is 44.5. The first-order chi connectivity index (χ1) is 9.10. The average Bonchev–Trinajstić information content (AvgIpc) is 2.37. The van der Waals surface area contributed by atoms with Crippen LogP contribution in [0.5, 0.6) is 11.6 Å². The molecule has 0 bridgehead atoms. The summed E-state index contributed by atoms with van der Waals surface area (Å²) in [6.07, 6.45) is 0.905. The van der Waals surface area contributed by atoms with Crippen molar-refractivity contribution in [3.05, 3.63) is 41.8 Å². The fourth-order valence-corrected chi connectivity index (χ4v) is 1.33. The fourth-order valence-electron chi connectivity index (χ4n) is 1.33. The van der Waals surface area contributed by atoms with Gasteiger partial charge in [-0.2, -0.15) is 9.37 Å². The number of aromatic nitrogens is 2. The van der Waals surface area contributed by atoms with Crippen LogP contribution in [0.3, 0.4) is 0 Å². The monoisotopic (exact) mass is 269 g/mol. The van der Waals surface area contributed by atoms with E-state index >= 15 is 0 Å². The maximum atomic E-state index is 13.4. The molecule has 0 atom stereocenters. The van der Waals surface area contributed by atoms with Gasteiger partial charge >= 0.3 is 0 Å². The van der Waals surface area contributed by atoms with Gasteiger partial charge in [0.1, 0.15) is 5.82 Å². The van der Waals surface area contributed by atoms with E-state index in [1.54, 1.807) is 0 Å². The van der Waals surface area contributed by atoms with E-state index in [0.29, 0.717) is 12.6 Å². The third-order valence-corrected chi connectivity index (χ3v) is 2.15. The highest BCUT2D eigenvalue weighted by molar-refractivity contribution is 5.33. The van der Waals surface area contributed by atoms with Gasteiger partial charge < -0.3 is 10.1 Å². The number of ether oxygens (including phenoxy) is 1. The van der Waals surface area contributed by atoms with Crippen molar-refractivity contribution < 1.29 is 17.9 Å². The average molecular weight is 269 g/mol. The lowest BCUT2D eigenvalue weighted by molar-refractivity contribution is 0.394. The second-order valence-electron chi connectivity index (χ2n) is 3.55. The molecule has 1 aromatic heterocycles. The lowest BCUT2D eigenvalue weighted by Crippen LogP contribution is -2.04. The van der Waals surface area contributed by atoms with Gasteiger partial charge in [0.15, 0.2) is 11.6 Å². The van der Waals surface area contributed by atoms with Crippen LogP contribution in [0.1, 0.15) is 6.92 Å². The standard InChI is InChI=1S/C12H10F3N3O/c1-2-16-12-17-6-9(15)11(18-12)19-10-4-3-7(13)5-8(10)14/h3-6H,2H2,1H3,(H,16,17,18). The third kappa shape index (κ3) is 3.12. The first-order valence-electron chi connectivity index (χ1n) is 5.49. The summed E-state index contributed by atoms with van der Waals surface area (Å²) in [4.78, 5) is 7.42. The molecular formula is C12H10F3N3O. The molecule has 1 aromatic carbocycles. The Balaban J connectivity index is 2.29. The largest absolute Gasteiger partial charge is 0.433 e. The normalized spacial score (nSPS) is 10.3. The summed E-state index contributed by atoms with van der Waals surface area (Å²) in [5, 5.41) is 2.76. The molecule has 1 heterocycles. The highest BCUT2D eigenvalue weighted by Crippen LogP contribution is 2.25. The van der Waals surface area contributed by atoms with Gasteiger partial charge in [-0.15, -0.1) is 0 Å². The molecule has 2 rings (SSSR count). The number of anilines is 1. The number of halogens is 3. The molecule has 0 saturated carbocycles. The number of nitrogens with one attached hydrogen (secondary N) is 1. The van der Waals surface area contributed by atoms with Crippen LogP contribution in [-0.2, 0) is 0 Å². The molecule has 1 N–H and O–H groups in total. The molecule has 4 nitrogen and oxygen atoms in total. The molecule has 0 radical (unpaired) electrons. The number of hydrogen-bond acceptors (Lipinski definition) is 4. The molecule has 0 spiro atoms. The molecule has 0 unspecified atom stereocenters. The zero-order valence-corrected chi connectivity index (χ0v) is 9.95. The molecule has 2 aromatic rings. The van der Waals surface area contributed by atoms with Gasteiger partial charge in [-0.3, -0.25) is 0 Å². The van der Waals surface area contributed by atoms with Crippen molar-refractivity contribution in [3.63, 3.8) is 0 Å². The molecule has 0 aliphatic heterocycles. The van der Waals surface area contributed by atoms with Crippen molar-refractivity contribution in [2.24, 2.45) is 0 Å². The van der Waals surface area contributed by atoms with E-state index in [2.05, 4.69) is 15.3 Å². The van der Waals surface area contributed by atoms with Gasteiger partial charge in [-0.25, -0.2) is 13.8 Å². The minimum absolute atomic E-state index is 0.154. The summed E-state index contributed by atoms with van der Waals surface area (Å²) >= 11 is 0.